The second-order valence-corrected chi connectivity index (χ2v) is 5.44. The number of hydrogen-bond donors (Lipinski definition) is 1. The fourth-order valence-electron chi connectivity index (χ4n) is 1.49. The molecule has 17 heavy (non-hydrogen) atoms. The minimum Gasteiger partial charge on any atom is -0.378 e. The van der Waals surface area contributed by atoms with E-state index in [1.54, 1.807) is 0 Å². The number of hydrogen-bond acceptors (Lipinski definition) is 2. The first kappa shape index (κ1) is 13.5. The van der Waals surface area contributed by atoms with E-state index in [0.29, 0.717) is 11.0 Å². The summed E-state index contributed by atoms with van der Waals surface area (Å²) in [6.45, 7) is 0.464. The third-order valence-electron chi connectivity index (χ3n) is 2.26. The Kier molecular flexibility index (Phi) is 4.12. The van der Waals surface area contributed by atoms with E-state index in [9.17, 15) is 4.79 Å². The summed E-state index contributed by atoms with van der Waals surface area (Å²) in [5.41, 5.74) is 1.92. The predicted molar refractivity (Wildman–Crippen MR) is 72.3 cm³/mol. The summed E-state index contributed by atoms with van der Waals surface area (Å²) >= 11 is 0. The van der Waals surface area contributed by atoms with E-state index >= 15 is 0 Å². The largest absolute Gasteiger partial charge is 0.378 e. The Labute approximate surface area is 103 Å². The van der Waals surface area contributed by atoms with Crippen LogP contribution in [0.3, 0.4) is 0 Å². The quantitative estimate of drug-likeness (QED) is 0.801. The normalized spacial score (nSPS) is 11.1. The molecule has 0 bridgehead atoms. The zero-order chi connectivity index (χ0) is 13.1. The number of likely N-dealkylation sites (N-methyl/N-ethyl adjacent to an activating group) is 1. The Morgan fingerprint density at radius 3 is 2.47 bits per heavy atom. The Bertz CT molecular complexity index is 394. The number of nitrogens with one attached hydrogen (secondary N) is 1. The van der Waals surface area contributed by atoms with Gasteiger partial charge in [0.05, 0.1) is 21.1 Å². The van der Waals surface area contributed by atoms with E-state index in [-0.39, 0.29) is 5.91 Å². The minimum absolute atomic E-state index is 0.0356. The molecule has 0 atom stereocenters. The highest BCUT2D eigenvalue weighted by Gasteiger charge is 2.14. The van der Waals surface area contributed by atoms with Gasteiger partial charge in [0.25, 0.3) is 5.91 Å². The Morgan fingerprint density at radius 1 is 1.29 bits per heavy atom. The van der Waals surface area contributed by atoms with Gasteiger partial charge in [0.15, 0.2) is 6.54 Å². The zero-order valence-electron chi connectivity index (χ0n) is 11.3. The van der Waals surface area contributed by atoms with Gasteiger partial charge < -0.3 is 14.7 Å². The summed E-state index contributed by atoms with van der Waals surface area (Å²) in [5.74, 6) is 0.0356. The van der Waals surface area contributed by atoms with E-state index < -0.39 is 0 Å². The van der Waals surface area contributed by atoms with E-state index in [2.05, 4.69) is 5.32 Å². The molecular formula is C13H22N3O+. The lowest BCUT2D eigenvalue weighted by Crippen LogP contribution is -2.41. The molecule has 0 aliphatic rings. The van der Waals surface area contributed by atoms with E-state index in [1.807, 2.05) is 64.4 Å². The van der Waals surface area contributed by atoms with Gasteiger partial charge in [-0.3, -0.25) is 4.79 Å². The second-order valence-electron chi connectivity index (χ2n) is 5.44. The van der Waals surface area contributed by atoms with Crippen molar-refractivity contribution in [3.8, 4) is 0 Å². The molecule has 1 aromatic carbocycles. The molecule has 0 heterocycles. The van der Waals surface area contributed by atoms with Crippen molar-refractivity contribution in [3.63, 3.8) is 0 Å². The van der Waals surface area contributed by atoms with Crippen LogP contribution >= 0.6 is 0 Å². The van der Waals surface area contributed by atoms with Gasteiger partial charge in [0.2, 0.25) is 0 Å². The van der Waals surface area contributed by atoms with E-state index in [1.165, 1.54) is 0 Å². The van der Waals surface area contributed by atoms with Gasteiger partial charge in [-0.15, -0.1) is 0 Å². The fraction of sp³-hybridized carbons (Fsp3) is 0.462. The van der Waals surface area contributed by atoms with Gasteiger partial charge in [-0.05, 0) is 18.2 Å². The molecule has 1 amide bonds. The Hall–Kier alpha value is -1.55. The molecule has 0 aliphatic heterocycles. The van der Waals surface area contributed by atoms with E-state index in [4.69, 9.17) is 0 Å². The molecule has 1 N–H and O–H groups in total. The summed E-state index contributed by atoms with van der Waals surface area (Å²) in [5, 5.41) is 2.91. The number of amides is 1. The highest BCUT2D eigenvalue weighted by atomic mass is 16.2. The molecule has 4 nitrogen and oxygen atoms in total. The molecule has 0 saturated carbocycles. The van der Waals surface area contributed by atoms with Crippen molar-refractivity contribution in [2.24, 2.45) is 0 Å². The van der Waals surface area contributed by atoms with Crippen LogP contribution < -0.4 is 10.2 Å². The molecule has 0 radical (unpaired) electrons. The van der Waals surface area contributed by atoms with Crippen molar-refractivity contribution in [3.05, 3.63) is 24.3 Å². The Morgan fingerprint density at radius 2 is 1.94 bits per heavy atom. The average molecular weight is 236 g/mol. The smallest absolute Gasteiger partial charge is 0.279 e. The SMILES string of the molecule is CN(C)c1cccc(NC(=O)C[N+](C)(C)C)c1. The number of benzene rings is 1. The van der Waals surface area contributed by atoms with Crippen LogP contribution in [0.5, 0.6) is 0 Å². The lowest BCUT2D eigenvalue weighted by molar-refractivity contribution is -0.861. The summed E-state index contributed by atoms with van der Waals surface area (Å²) in [6, 6.07) is 7.82. The first-order chi connectivity index (χ1) is 7.78. The van der Waals surface area contributed by atoms with Crippen LogP contribution in [-0.4, -0.2) is 52.2 Å². The molecule has 94 valence electrons. The number of nitrogens with zero attached hydrogens (tertiary/aromatic N) is 2. The molecular weight excluding hydrogens is 214 g/mol. The van der Waals surface area contributed by atoms with Crippen LogP contribution in [0.25, 0.3) is 0 Å². The summed E-state index contributed by atoms with van der Waals surface area (Å²) < 4.78 is 0.624. The minimum atomic E-state index is 0.0356. The molecule has 4 heteroatoms. The molecule has 0 saturated heterocycles. The number of quaternary nitrogens is 1. The van der Waals surface area contributed by atoms with Crippen LogP contribution in [-0.2, 0) is 4.79 Å². The highest BCUT2D eigenvalue weighted by Crippen LogP contribution is 2.17. The molecule has 0 spiro atoms. The highest BCUT2D eigenvalue weighted by molar-refractivity contribution is 5.92. The van der Waals surface area contributed by atoms with Crippen molar-refractivity contribution in [2.45, 2.75) is 0 Å². The lowest BCUT2D eigenvalue weighted by Gasteiger charge is -2.23. The summed E-state index contributed by atoms with van der Waals surface area (Å²) in [4.78, 5) is 13.8. The summed E-state index contributed by atoms with van der Waals surface area (Å²) in [6.07, 6.45) is 0. The number of rotatable bonds is 4. The maximum Gasteiger partial charge on any atom is 0.279 e. The fourth-order valence-corrected chi connectivity index (χ4v) is 1.49. The maximum atomic E-state index is 11.8. The van der Waals surface area contributed by atoms with Gasteiger partial charge >= 0.3 is 0 Å². The van der Waals surface area contributed by atoms with Crippen molar-refractivity contribution >= 4 is 17.3 Å². The van der Waals surface area contributed by atoms with Crippen molar-refractivity contribution in [2.75, 3.05) is 52.0 Å². The van der Waals surface area contributed by atoms with Gasteiger partial charge in [-0.2, -0.15) is 0 Å². The number of carbonyl (C=O) groups excluding carboxylic acids is 1. The predicted octanol–water partition coefficient (Wildman–Crippen LogP) is 1.40. The standard InChI is InChI=1S/C13H21N3O/c1-15(2)12-8-6-7-11(9-12)14-13(17)10-16(3,4)5/h6-9H,10H2,1-5H3/p+1. The van der Waals surface area contributed by atoms with Gasteiger partial charge in [-0.25, -0.2) is 0 Å². The van der Waals surface area contributed by atoms with Crippen molar-refractivity contribution in [1.29, 1.82) is 0 Å². The Balaban J connectivity index is 2.69. The lowest BCUT2D eigenvalue weighted by atomic mass is 10.2. The third-order valence-corrected chi connectivity index (χ3v) is 2.26. The van der Waals surface area contributed by atoms with Crippen LogP contribution in [0.4, 0.5) is 11.4 Å². The molecule has 0 aromatic heterocycles. The first-order valence-electron chi connectivity index (χ1n) is 5.65. The zero-order valence-corrected chi connectivity index (χ0v) is 11.3. The first-order valence-corrected chi connectivity index (χ1v) is 5.65. The molecule has 0 unspecified atom stereocenters. The van der Waals surface area contributed by atoms with Gasteiger partial charge in [-0.1, -0.05) is 6.07 Å². The van der Waals surface area contributed by atoms with E-state index in [0.717, 1.165) is 11.4 Å². The molecule has 1 aromatic rings. The molecule has 1 rings (SSSR count). The van der Waals surface area contributed by atoms with Crippen LogP contribution in [0.15, 0.2) is 24.3 Å². The van der Waals surface area contributed by atoms with Crippen LogP contribution in [0.2, 0.25) is 0 Å². The third kappa shape index (κ3) is 4.87. The summed E-state index contributed by atoms with van der Waals surface area (Å²) in [7, 11) is 9.95. The topological polar surface area (TPSA) is 32.3 Å². The van der Waals surface area contributed by atoms with Gasteiger partial charge in [0.1, 0.15) is 0 Å². The molecule has 0 aliphatic carbocycles. The monoisotopic (exact) mass is 236 g/mol. The number of anilines is 2. The average Bonchev–Trinajstić information content (AvgIpc) is 2.14. The molecule has 0 fully saturated rings. The van der Waals surface area contributed by atoms with Crippen molar-refractivity contribution < 1.29 is 9.28 Å². The second kappa shape index (κ2) is 5.19. The van der Waals surface area contributed by atoms with Gasteiger partial charge in [0, 0.05) is 25.5 Å². The maximum absolute atomic E-state index is 11.8. The van der Waals surface area contributed by atoms with Crippen LogP contribution in [0.1, 0.15) is 0 Å². The number of carbonyl (C=O) groups is 1. The van der Waals surface area contributed by atoms with Crippen molar-refractivity contribution in [1.82, 2.24) is 0 Å². The van der Waals surface area contributed by atoms with Crippen LogP contribution in [0, 0.1) is 0 Å².